The number of fused-ring (bicyclic) bond motifs is 1. The van der Waals surface area contributed by atoms with Gasteiger partial charge in [0.2, 0.25) is 0 Å². The van der Waals surface area contributed by atoms with Crippen molar-refractivity contribution in [2.24, 2.45) is 29.1 Å². The summed E-state index contributed by atoms with van der Waals surface area (Å²) >= 11 is 0. The van der Waals surface area contributed by atoms with Crippen LogP contribution in [0.4, 0.5) is 0 Å². The third kappa shape index (κ3) is 4.37. The Morgan fingerprint density at radius 2 is 1.59 bits per heavy atom. The van der Waals surface area contributed by atoms with E-state index in [0.29, 0.717) is 24.9 Å². The Morgan fingerprint density at radius 1 is 1.03 bits per heavy atom. The van der Waals surface area contributed by atoms with Crippen molar-refractivity contribution in [3.8, 4) is 17.2 Å². The summed E-state index contributed by atoms with van der Waals surface area (Å²) in [4.78, 5) is 23.4. The predicted molar refractivity (Wildman–Crippen MR) is 132 cm³/mol. The minimum atomic E-state index is -0.816. The maximum Gasteiger partial charge on any atom is 0.157 e. The van der Waals surface area contributed by atoms with Gasteiger partial charge in [-0.3, -0.25) is 9.59 Å². The molecule has 6 nitrogen and oxygen atoms in total. The van der Waals surface area contributed by atoms with Crippen molar-refractivity contribution in [2.75, 3.05) is 0 Å². The molecule has 2 aliphatic carbocycles. The van der Waals surface area contributed by atoms with Crippen LogP contribution in [-0.4, -0.2) is 38.6 Å². The summed E-state index contributed by atoms with van der Waals surface area (Å²) in [6.07, 6.45) is 7.03. The van der Waals surface area contributed by atoms with Crippen LogP contribution < -0.4 is 0 Å². The second kappa shape index (κ2) is 9.37. The second-order valence-corrected chi connectivity index (χ2v) is 11.7. The molecule has 0 saturated heterocycles. The number of aliphatic hydroxyl groups is 1. The minimum Gasteiger partial charge on any atom is -0.507 e. The lowest BCUT2D eigenvalue weighted by Gasteiger charge is -2.53. The normalized spacial score (nSPS) is 28.2. The first-order valence-electron chi connectivity index (χ1n) is 12.4. The number of rotatable bonds is 7. The summed E-state index contributed by atoms with van der Waals surface area (Å²) in [5, 5.41) is 43.1. The number of aromatic hydroxyl groups is 3. The molecular weight excluding hydrogens is 432 g/mol. The van der Waals surface area contributed by atoms with E-state index in [4.69, 9.17) is 0 Å². The van der Waals surface area contributed by atoms with E-state index in [2.05, 4.69) is 33.8 Å². The van der Waals surface area contributed by atoms with Crippen LogP contribution in [-0.2, 0) is 0 Å². The Morgan fingerprint density at radius 3 is 2.06 bits per heavy atom. The molecule has 0 aliphatic heterocycles. The number of carbonyl (C=O) groups is 2. The average molecular weight is 473 g/mol. The van der Waals surface area contributed by atoms with E-state index in [1.807, 2.05) is 13.8 Å². The first-order valence-corrected chi connectivity index (χ1v) is 12.4. The van der Waals surface area contributed by atoms with E-state index in [0.717, 1.165) is 25.7 Å². The van der Waals surface area contributed by atoms with Gasteiger partial charge in [0.05, 0.1) is 16.7 Å². The number of phenolic OH excluding ortho intramolecular Hbond substituents is 3. The van der Waals surface area contributed by atoms with Gasteiger partial charge in [-0.25, -0.2) is 0 Å². The fraction of sp³-hybridized carbons (Fsp3) is 0.643. The van der Waals surface area contributed by atoms with Crippen LogP contribution in [0.25, 0.3) is 0 Å². The standard InChI is InChI=1S/C28H40O6/c1-15(2)11-18(23-25(32)19(13-29)24(31)20(14-30)26(23)33)21-8-7-16(3)22-12-17(27(4,5)34)9-10-28(21,22)6/h12-18,21,31-34H,7-11H2,1-6H3/t16-,17+,18+,21?,28-/m1/s1. The second-order valence-electron chi connectivity index (χ2n) is 11.7. The highest BCUT2D eigenvalue weighted by molar-refractivity contribution is 5.95. The average Bonchev–Trinajstić information content (AvgIpc) is 2.72. The zero-order valence-electron chi connectivity index (χ0n) is 21.3. The van der Waals surface area contributed by atoms with E-state index in [-0.39, 0.29) is 45.8 Å². The number of phenols is 3. The van der Waals surface area contributed by atoms with Gasteiger partial charge in [0.15, 0.2) is 12.6 Å². The molecule has 1 unspecified atom stereocenters. The van der Waals surface area contributed by atoms with E-state index >= 15 is 0 Å². The summed E-state index contributed by atoms with van der Waals surface area (Å²) < 4.78 is 0. The summed E-state index contributed by atoms with van der Waals surface area (Å²) in [5.41, 5.74) is -0.276. The van der Waals surface area contributed by atoms with Gasteiger partial charge in [-0.15, -0.1) is 0 Å². The minimum absolute atomic E-state index is 0.0421. The summed E-state index contributed by atoms with van der Waals surface area (Å²) in [6.45, 7) is 12.3. The lowest BCUT2D eigenvalue weighted by molar-refractivity contribution is 0.00965. The number of hydrogen-bond acceptors (Lipinski definition) is 6. The highest BCUT2D eigenvalue weighted by Gasteiger charge is 2.50. The van der Waals surface area contributed by atoms with Crippen molar-refractivity contribution in [2.45, 2.75) is 85.2 Å². The zero-order valence-corrected chi connectivity index (χ0v) is 21.3. The number of aldehydes is 2. The molecule has 4 N–H and O–H groups in total. The van der Waals surface area contributed by atoms with Gasteiger partial charge in [-0.1, -0.05) is 39.3 Å². The van der Waals surface area contributed by atoms with Gasteiger partial charge in [0, 0.05) is 11.5 Å². The van der Waals surface area contributed by atoms with Crippen LogP contribution in [0.5, 0.6) is 17.2 Å². The van der Waals surface area contributed by atoms with Crippen LogP contribution in [0, 0.1) is 29.1 Å². The molecule has 5 atom stereocenters. The molecule has 6 heteroatoms. The van der Waals surface area contributed by atoms with Crippen LogP contribution in [0.2, 0.25) is 0 Å². The highest BCUT2D eigenvalue weighted by Crippen LogP contribution is 2.61. The highest BCUT2D eigenvalue weighted by atomic mass is 16.3. The molecule has 34 heavy (non-hydrogen) atoms. The predicted octanol–water partition coefficient (Wildman–Crippen LogP) is 5.72. The molecule has 1 aromatic rings. The van der Waals surface area contributed by atoms with Gasteiger partial charge in [0.1, 0.15) is 17.2 Å². The van der Waals surface area contributed by atoms with Crippen molar-refractivity contribution in [1.82, 2.24) is 0 Å². The number of hydrogen-bond donors (Lipinski definition) is 4. The number of carbonyl (C=O) groups excluding carboxylic acids is 2. The Bertz CT molecular complexity index is 951. The molecule has 3 rings (SSSR count). The quantitative estimate of drug-likeness (QED) is 0.298. The third-order valence-electron chi connectivity index (χ3n) is 8.53. The van der Waals surface area contributed by atoms with Gasteiger partial charge < -0.3 is 20.4 Å². The van der Waals surface area contributed by atoms with Gasteiger partial charge in [0.25, 0.3) is 0 Å². The fourth-order valence-corrected chi connectivity index (χ4v) is 6.66. The number of benzene rings is 1. The Hall–Kier alpha value is -2.34. The van der Waals surface area contributed by atoms with Gasteiger partial charge in [-0.2, -0.15) is 0 Å². The largest absolute Gasteiger partial charge is 0.507 e. The van der Waals surface area contributed by atoms with Crippen LogP contribution in [0.15, 0.2) is 11.6 Å². The first kappa shape index (κ1) is 26.3. The lowest BCUT2D eigenvalue weighted by Crippen LogP contribution is -2.45. The topological polar surface area (TPSA) is 115 Å². The molecule has 0 heterocycles. The summed E-state index contributed by atoms with van der Waals surface area (Å²) in [5.74, 6) is -1.23. The third-order valence-corrected chi connectivity index (χ3v) is 8.53. The zero-order chi connectivity index (χ0) is 25.6. The van der Waals surface area contributed by atoms with E-state index in [1.165, 1.54) is 5.57 Å². The maximum atomic E-state index is 11.7. The lowest BCUT2D eigenvalue weighted by atomic mass is 9.51. The van der Waals surface area contributed by atoms with E-state index in [1.54, 1.807) is 0 Å². The van der Waals surface area contributed by atoms with Crippen molar-refractivity contribution in [1.29, 1.82) is 0 Å². The molecular formula is C28H40O6. The molecule has 0 amide bonds. The molecule has 1 aromatic carbocycles. The molecule has 2 aliphatic rings. The maximum absolute atomic E-state index is 11.7. The number of allylic oxidation sites excluding steroid dienone is 1. The molecule has 0 bridgehead atoms. The monoisotopic (exact) mass is 472 g/mol. The SMILES string of the molecule is CC(C)C[C@H](c1c(O)c(C=O)c(O)c(C=O)c1O)C1CC[C@@H](C)C2=C[C@@H](C(C)(C)O)CC[C@@]21C. The molecule has 188 valence electrons. The van der Waals surface area contributed by atoms with Gasteiger partial charge >= 0.3 is 0 Å². The molecule has 0 aromatic heterocycles. The molecule has 1 fully saturated rings. The van der Waals surface area contributed by atoms with Crippen LogP contribution >= 0.6 is 0 Å². The molecule has 0 radical (unpaired) electrons. The van der Waals surface area contributed by atoms with E-state index in [9.17, 15) is 30.0 Å². The molecule has 1 saturated carbocycles. The van der Waals surface area contributed by atoms with Crippen molar-refractivity contribution in [3.63, 3.8) is 0 Å². The summed E-state index contributed by atoms with van der Waals surface area (Å²) in [6, 6.07) is 0. The Labute approximate surface area is 202 Å². The van der Waals surface area contributed by atoms with Gasteiger partial charge in [-0.05, 0) is 75.0 Å². The van der Waals surface area contributed by atoms with Crippen molar-refractivity contribution < 1.29 is 30.0 Å². The molecule has 0 spiro atoms. The van der Waals surface area contributed by atoms with Crippen molar-refractivity contribution >= 4 is 12.6 Å². The van der Waals surface area contributed by atoms with E-state index < -0.39 is 22.8 Å². The van der Waals surface area contributed by atoms with Crippen molar-refractivity contribution in [3.05, 3.63) is 28.3 Å². The van der Waals surface area contributed by atoms with Crippen LogP contribution in [0.3, 0.4) is 0 Å². The smallest absolute Gasteiger partial charge is 0.157 e. The first-order chi connectivity index (χ1) is 15.8. The Kier molecular flexibility index (Phi) is 7.24. The Balaban J connectivity index is 2.23. The summed E-state index contributed by atoms with van der Waals surface area (Å²) in [7, 11) is 0. The van der Waals surface area contributed by atoms with Crippen LogP contribution in [0.1, 0.15) is 106 Å². The fourth-order valence-electron chi connectivity index (χ4n) is 6.66.